The van der Waals surface area contributed by atoms with Crippen LogP contribution in [0.3, 0.4) is 0 Å². The molecule has 7 heteroatoms. The topological polar surface area (TPSA) is 50.1 Å². The minimum Gasteiger partial charge on any atom is -0.370 e. The van der Waals surface area contributed by atoms with Crippen LogP contribution in [0.5, 0.6) is 0 Å². The molecule has 0 bridgehead atoms. The molecule has 1 aliphatic heterocycles. The second kappa shape index (κ2) is 9.09. The van der Waals surface area contributed by atoms with Gasteiger partial charge in [-0.25, -0.2) is 0 Å². The highest BCUT2D eigenvalue weighted by molar-refractivity contribution is 9.10. The van der Waals surface area contributed by atoms with E-state index in [4.69, 9.17) is 17.0 Å². The number of quaternary nitrogens is 1. The average Bonchev–Trinajstić information content (AvgIpc) is 2.50. The minimum absolute atomic E-state index is 0.552. The number of hydrogen-bond acceptors (Lipinski definition) is 3. The predicted octanol–water partition coefficient (Wildman–Crippen LogP) is 0.162. The summed E-state index contributed by atoms with van der Waals surface area (Å²) in [7, 11) is 0. The Morgan fingerprint density at radius 2 is 2.05 bits per heavy atom. The van der Waals surface area contributed by atoms with E-state index in [1.54, 1.807) is 11.1 Å². The van der Waals surface area contributed by atoms with Crippen molar-refractivity contribution < 1.29 is 9.64 Å². The molecule has 0 unspecified atom stereocenters. The Labute approximate surface area is 138 Å². The van der Waals surface area contributed by atoms with Crippen molar-refractivity contribution in [2.75, 3.05) is 39.4 Å². The van der Waals surface area contributed by atoms with Gasteiger partial charge in [0, 0.05) is 4.47 Å². The molecule has 1 saturated heterocycles. The zero-order chi connectivity index (χ0) is 14.9. The average molecular weight is 372 g/mol. The van der Waals surface area contributed by atoms with Crippen molar-refractivity contribution in [2.45, 2.75) is 0 Å². The Kier molecular flexibility index (Phi) is 7.08. The van der Waals surface area contributed by atoms with Crippen LogP contribution in [0.4, 0.5) is 0 Å². The van der Waals surface area contributed by atoms with E-state index in [-0.39, 0.29) is 0 Å². The summed E-state index contributed by atoms with van der Waals surface area (Å²) >= 11 is 8.58. The van der Waals surface area contributed by atoms with Crippen molar-refractivity contribution in [1.29, 1.82) is 0 Å². The van der Waals surface area contributed by atoms with Crippen molar-refractivity contribution in [3.05, 3.63) is 34.3 Å². The van der Waals surface area contributed by atoms with Crippen molar-refractivity contribution >= 4 is 39.5 Å². The maximum atomic E-state index is 5.33. The predicted molar refractivity (Wildman–Crippen MR) is 91.9 cm³/mol. The summed E-state index contributed by atoms with van der Waals surface area (Å²) in [5, 5.41) is 7.83. The van der Waals surface area contributed by atoms with Gasteiger partial charge in [0.2, 0.25) is 0 Å². The molecule has 1 aromatic rings. The molecule has 0 saturated carbocycles. The van der Waals surface area contributed by atoms with Gasteiger partial charge in [0.1, 0.15) is 13.1 Å². The largest absolute Gasteiger partial charge is 0.370 e. The fraction of sp³-hybridized carbons (Fsp3) is 0.429. The number of benzene rings is 1. The van der Waals surface area contributed by atoms with E-state index >= 15 is 0 Å². The first kappa shape index (κ1) is 16.4. The molecule has 0 spiro atoms. The number of rotatable bonds is 5. The summed E-state index contributed by atoms with van der Waals surface area (Å²) in [6, 6.07) is 7.91. The van der Waals surface area contributed by atoms with Crippen molar-refractivity contribution in [1.82, 2.24) is 10.7 Å². The van der Waals surface area contributed by atoms with Crippen molar-refractivity contribution in [2.24, 2.45) is 5.10 Å². The summed E-state index contributed by atoms with van der Waals surface area (Å²) in [5.41, 5.74) is 3.85. The van der Waals surface area contributed by atoms with Crippen molar-refractivity contribution in [3.8, 4) is 0 Å². The summed E-state index contributed by atoms with van der Waals surface area (Å²) in [6.45, 7) is 5.74. The van der Waals surface area contributed by atoms with Crippen LogP contribution in [-0.2, 0) is 4.74 Å². The smallest absolute Gasteiger partial charge is 0.187 e. The molecular weight excluding hydrogens is 352 g/mol. The fourth-order valence-corrected chi connectivity index (χ4v) is 2.44. The maximum absolute atomic E-state index is 5.33. The van der Waals surface area contributed by atoms with Gasteiger partial charge >= 0.3 is 0 Å². The lowest BCUT2D eigenvalue weighted by Crippen LogP contribution is -3.14. The molecule has 0 aliphatic carbocycles. The Bertz CT molecular complexity index is 474. The van der Waals surface area contributed by atoms with Crippen LogP contribution in [0.15, 0.2) is 33.8 Å². The fourth-order valence-electron chi connectivity index (χ4n) is 2.02. The number of nitrogens with one attached hydrogen (secondary N) is 3. The van der Waals surface area contributed by atoms with Gasteiger partial charge in [-0.3, -0.25) is 5.43 Å². The summed E-state index contributed by atoms with van der Waals surface area (Å²) < 4.78 is 6.38. The van der Waals surface area contributed by atoms with E-state index < -0.39 is 0 Å². The zero-order valence-corrected chi connectivity index (χ0v) is 14.2. The van der Waals surface area contributed by atoms with Crippen molar-refractivity contribution in [3.63, 3.8) is 0 Å². The van der Waals surface area contributed by atoms with Gasteiger partial charge in [-0.1, -0.05) is 28.1 Å². The third-order valence-corrected chi connectivity index (χ3v) is 3.98. The summed E-state index contributed by atoms with van der Waals surface area (Å²) in [5.74, 6) is 0. The summed E-state index contributed by atoms with van der Waals surface area (Å²) in [4.78, 5) is 1.55. The van der Waals surface area contributed by atoms with Crippen LogP contribution in [0.1, 0.15) is 5.56 Å². The molecule has 114 valence electrons. The van der Waals surface area contributed by atoms with Gasteiger partial charge in [-0.05, 0) is 29.9 Å². The van der Waals surface area contributed by atoms with Gasteiger partial charge in [-0.15, -0.1) is 0 Å². The first-order chi connectivity index (χ1) is 10.2. The van der Waals surface area contributed by atoms with Crippen LogP contribution in [0.25, 0.3) is 0 Å². The Balaban J connectivity index is 1.61. The lowest BCUT2D eigenvalue weighted by Gasteiger charge is -2.23. The van der Waals surface area contributed by atoms with Crippen LogP contribution in [0.2, 0.25) is 0 Å². The lowest BCUT2D eigenvalue weighted by atomic mass is 10.2. The van der Waals surface area contributed by atoms with Gasteiger partial charge < -0.3 is 15.0 Å². The van der Waals surface area contributed by atoms with Gasteiger partial charge in [0.05, 0.1) is 32.5 Å². The normalized spacial score (nSPS) is 16.0. The maximum Gasteiger partial charge on any atom is 0.187 e. The van der Waals surface area contributed by atoms with Crippen LogP contribution >= 0.6 is 28.1 Å². The molecule has 1 aromatic carbocycles. The molecule has 21 heavy (non-hydrogen) atoms. The third-order valence-electron chi connectivity index (χ3n) is 3.21. The molecule has 0 amide bonds. The molecule has 0 aromatic heterocycles. The van der Waals surface area contributed by atoms with E-state index in [1.165, 1.54) is 0 Å². The molecule has 1 aliphatic rings. The molecule has 1 fully saturated rings. The highest BCUT2D eigenvalue weighted by atomic mass is 79.9. The number of hydrazone groups is 1. The van der Waals surface area contributed by atoms with Gasteiger partial charge in [-0.2, -0.15) is 5.10 Å². The molecule has 2 rings (SSSR count). The third kappa shape index (κ3) is 6.52. The number of halogens is 1. The van der Waals surface area contributed by atoms with Crippen LogP contribution in [0, 0.1) is 0 Å². The van der Waals surface area contributed by atoms with E-state index in [2.05, 4.69) is 31.8 Å². The molecule has 1 heterocycles. The monoisotopic (exact) mass is 371 g/mol. The number of nitrogens with zero attached hydrogens (tertiary/aromatic N) is 1. The number of ether oxygens (including phenoxy) is 1. The molecular formula is C14H20BrN4OS+. The Morgan fingerprint density at radius 3 is 2.76 bits per heavy atom. The van der Waals surface area contributed by atoms with Gasteiger partial charge in [0.25, 0.3) is 0 Å². The molecule has 0 radical (unpaired) electrons. The first-order valence-electron chi connectivity index (χ1n) is 6.98. The van der Waals surface area contributed by atoms with E-state index in [1.807, 2.05) is 24.3 Å². The van der Waals surface area contributed by atoms with E-state index in [0.717, 1.165) is 49.4 Å². The highest BCUT2D eigenvalue weighted by Crippen LogP contribution is 2.08. The second-order valence-corrected chi connectivity index (χ2v) is 6.11. The SMILES string of the molecule is S=C(NCC[NH+]1CCOCC1)N/N=C\c1ccc(Br)cc1. The number of thiocarbonyl (C=S) groups is 1. The van der Waals surface area contributed by atoms with Crippen LogP contribution in [-0.4, -0.2) is 50.7 Å². The van der Waals surface area contributed by atoms with E-state index in [0.29, 0.717) is 5.11 Å². The highest BCUT2D eigenvalue weighted by Gasteiger charge is 2.12. The number of hydrogen-bond donors (Lipinski definition) is 3. The minimum atomic E-state index is 0.552. The molecule has 0 atom stereocenters. The van der Waals surface area contributed by atoms with Crippen LogP contribution < -0.4 is 15.6 Å². The zero-order valence-electron chi connectivity index (χ0n) is 11.8. The second-order valence-electron chi connectivity index (χ2n) is 4.79. The first-order valence-corrected chi connectivity index (χ1v) is 8.18. The number of morpholine rings is 1. The molecule has 3 N–H and O–H groups in total. The Hall–Kier alpha value is -1.02. The molecule has 5 nitrogen and oxygen atoms in total. The quantitative estimate of drug-likeness (QED) is 0.392. The summed E-state index contributed by atoms with van der Waals surface area (Å²) in [6.07, 6.45) is 1.74. The Morgan fingerprint density at radius 1 is 1.33 bits per heavy atom. The van der Waals surface area contributed by atoms with E-state index in [9.17, 15) is 0 Å². The standard InChI is InChI=1S/C14H19BrN4OS/c15-13-3-1-12(2-4-13)11-17-18-14(21)16-5-6-19-7-9-20-10-8-19/h1-4,11H,5-10H2,(H2,16,18,21)/p+1/b17-11-. The van der Waals surface area contributed by atoms with Gasteiger partial charge in [0.15, 0.2) is 5.11 Å². The lowest BCUT2D eigenvalue weighted by molar-refractivity contribution is -0.906.